The van der Waals surface area contributed by atoms with Crippen LogP contribution in [0.4, 0.5) is 0 Å². The molecule has 0 aromatic heterocycles. The molecule has 1 unspecified atom stereocenters. The Morgan fingerprint density at radius 3 is 2.34 bits per heavy atom. The number of likely N-dealkylation sites (N-methyl/N-ethyl adjacent to an activating group) is 1. The van der Waals surface area contributed by atoms with Crippen LogP contribution in [-0.4, -0.2) is 110 Å². The van der Waals surface area contributed by atoms with Gasteiger partial charge in [0, 0.05) is 64.7 Å². The highest BCUT2D eigenvalue weighted by molar-refractivity contribution is 5.78. The van der Waals surface area contributed by atoms with E-state index >= 15 is 0 Å². The summed E-state index contributed by atoms with van der Waals surface area (Å²) in [6, 6.07) is 0.0285. The largest absolute Gasteiger partial charge is 0.481 e. The molecule has 2 aliphatic rings. The van der Waals surface area contributed by atoms with E-state index in [-0.39, 0.29) is 31.3 Å². The second kappa shape index (κ2) is 12.8. The number of carboxylic acids is 1. The van der Waals surface area contributed by atoms with Gasteiger partial charge in [-0.1, -0.05) is 0 Å². The Morgan fingerprint density at radius 1 is 1.00 bits per heavy atom. The molecule has 2 fully saturated rings. The summed E-state index contributed by atoms with van der Waals surface area (Å²) in [6.07, 6.45) is 2.76. The fraction of sp³-hybridized carbons (Fsp3) is 0.850. The van der Waals surface area contributed by atoms with E-state index in [4.69, 9.17) is 7.85 Å². The van der Waals surface area contributed by atoms with Crippen LogP contribution >= 0.6 is 0 Å². The van der Waals surface area contributed by atoms with E-state index in [0.29, 0.717) is 25.9 Å². The van der Waals surface area contributed by atoms with Gasteiger partial charge in [-0.05, 0) is 39.3 Å². The number of carbonyl (C=O) groups excluding carboxylic acids is 2. The maximum absolute atomic E-state index is 12.5. The Hall–Kier alpha value is -1.71. The molecular formula is C20H37N5O4. The zero-order valence-corrected chi connectivity index (χ0v) is 17.5. The van der Waals surface area contributed by atoms with Crippen LogP contribution in [0.3, 0.4) is 0 Å². The lowest BCUT2D eigenvalue weighted by atomic mass is 10.2. The molecule has 3 N–H and O–H groups in total. The first-order valence-electron chi connectivity index (χ1n) is 11.6. The van der Waals surface area contributed by atoms with E-state index < -0.39 is 18.4 Å². The molecule has 0 radical (unpaired) electrons. The number of carboxylic acid groups (broad SMARTS) is 1. The van der Waals surface area contributed by atoms with Gasteiger partial charge in [0.25, 0.3) is 0 Å². The molecule has 1 atom stereocenters. The number of hydrogen-bond acceptors (Lipinski definition) is 6. The molecule has 0 aromatic rings. The normalized spacial score (nSPS) is 22.7. The minimum atomic E-state index is -2.08. The van der Waals surface area contributed by atoms with Crippen molar-refractivity contribution in [2.24, 2.45) is 0 Å². The number of hydrogen-bond donors (Lipinski definition) is 3. The SMILES string of the molecule is [2H]C([2H])(C(=O)NCCCC(=O)NCCCC(=O)O)N1CCCC1CN1CCN(C)CC1. The zero-order valence-electron chi connectivity index (χ0n) is 19.5. The lowest BCUT2D eigenvalue weighted by Crippen LogP contribution is -2.50. The van der Waals surface area contributed by atoms with Crippen LogP contribution in [-0.2, 0) is 14.4 Å². The first kappa shape index (κ1) is 20.6. The number of amides is 2. The summed E-state index contributed by atoms with van der Waals surface area (Å²) in [5, 5.41) is 13.8. The van der Waals surface area contributed by atoms with Gasteiger partial charge in [0.1, 0.15) is 0 Å². The molecule has 2 heterocycles. The number of rotatable bonds is 12. The maximum atomic E-state index is 12.5. The zero-order chi connectivity index (χ0) is 22.9. The summed E-state index contributed by atoms with van der Waals surface area (Å²) >= 11 is 0. The number of carbonyl (C=O) groups is 3. The molecule has 2 aliphatic heterocycles. The summed E-state index contributed by atoms with van der Waals surface area (Å²) in [5.41, 5.74) is 0. The van der Waals surface area contributed by atoms with E-state index in [0.717, 1.165) is 45.6 Å². The fourth-order valence-electron chi connectivity index (χ4n) is 3.68. The summed E-state index contributed by atoms with van der Waals surface area (Å²) in [4.78, 5) is 41.0. The molecule has 0 saturated carbocycles. The Morgan fingerprint density at radius 2 is 1.66 bits per heavy atom. The number of nitrogens with zero attached hydrogens (tertiary/aromatic N) is 3. The van der Waals surface area contributed by atoms with Crippen molar-refractivity contribution in [3.05, 3.63) is 0 Å². The van der Waals surface area contributed by atoms with Gasteiger partial charge in [0.05, 0.1) is 9.24 Å². The second-order valence-corrected chi connectivity index (χ2v) is 7.91. The number of likely N-dealkylation sites (tertiary alicyclic amines) is 1. The van der Waals surface area contributed by atoms with E-state index in [9.17, 15) is 14.4 Å². The molecule has 2 saturated heterocycles. The average Bonchev–Trinajstić information content (AvgIpc) is 3.19. The van der Waals surface area contributed by atoms with Crippen LogP contribution in [0, 0.1) is 0 Å². The van der Waals surface area contributed by atoms with Gasteiger partial charge >= 0.3 is 5.97 Å². The molecule has 9 nitrogen and oxygen atoms in total. The van der Waals surface area contributed by atoms with Gasteiger partial charge in [-0.2, -0.15) is 0 Å². The number of piperazine rings is 1. The number of nitrogens with one attached hydrogen (secondary N) is 2. The highest BCUT2D eigenvalue weighted by Gasteiger charge is 2.28. The van der Waals surface area contributed by atoms with Gasteiger partial charge in [-0.15, -0.1) is 0 Å². The fourth-order valence-corrected chi connectivity index (χ4v) is 3.68. The van der Waals surface area contributed by atoms with Gasteiger partial charge in [-0.3, -0.25) is 24.2 Å². The van der Waals surface area contributed by atoms with Crippen LogP contribution in [0.25, 0.3) is 0 Å². The van der Waals surface area contributed by atoms with Crippen LogP contribution in [0.1, 0.15) is 41.3 Å². The molecule has 9 heteroatoms. The van der Waals surface area contributed by atoms with E-state index in [1.807, 2.05) is 0 Å². The Labute approximate surface area is 176 Å². The molecular weight excluding hydrogens is 374 g/mol. The lowest BCUT2D eigenvalue weighted by molar-refractivity contribution is -0.137. The predicted octanol–water partition coefficient (Wildman–Crippen LogP) is -0.424. The molecule has 0 spiro atoms. The van der Waals surface area contributed by atoms with E-state index in [1.165, 1.54) is 0 Å². The Kier molecular flexibility index (Phi) is 9.05. The smallest absolute Gasteiger partial charge is 0.303 e. The number of aliphatic carboxylic acids is 1. The maximum Gasteiger partial charge on any atom is 0.303 e. The predicted molar refractivity (Wildman–Crippen MR) is 111 cm³/mol. The standard InChI is InChI=1S/C20H37N5O4/c1-23-11-13-24(14-12-23)15-17-5-4-10-25(17)16-19(27)22-8-2-6-18(26)21-9-3-7-20(28)29/h17H,2-16H2,1H3,(H,21,26)(H,22,27)(H,28,29)/i16D2. The molecule has 0 aromatic carbocycles. The Bertz CT molecular complexity index is 614. The minimum absolute atomic E-state index is 0.0116. The van der Waals surface area contributed by atoms with Crippen LogP contribution in [0.5, 0.6) is 0 Å². The van der Waals surface area contributed by atoms with Crippen LogP contribution in [0.2, 0.25) is 0 Å². The van der Waals surface area contributed by atoms with E-state index in [1.54, 1.807) is 4.90 Å². The van der Waals surface area contributed by atoms with Crippen LogP contribution < -0.4 is 10.6 Å². The minimum Gasteiger partial charge on any atom is -0.481 e. The van der Waals surface area contributed by atoms with Gasteiger partial charge in [-0.25, -0.2) is 0 Å². The van der Waals surface area contributed by atoms with Gasteiger partial charge in [0.15, 0.2) is 0 Å². The van der Waals surface area contributed by atoms with Crippen molar-refractivity contribution in [1.29, 1.82) is 0 Å². The van der Waals surface area contributed by atoms with E-state index in [2.05, 4.69) is 27.5 Å². The van der Waals surface area contributed by atoms with Crippen LogP contribution in [0.15, 0.2) is 0 Å². The van der Waals surface area contributed by atoms with Crippen molar-refractivity contribution in [1.82, 2.24) is 25.3 Å². The molecule has 2 rings (SSSR count). The van der Waals surface area contributed by atoms with Crippen molar-refractivity contribution in [2.75, 3.05) is 65.9 Å². The summed E-state index contributed by atoms with van der Waals surface area (Å²) in [5.74, 6) is -1.75. The quantitative estimate of drug-likeness (QED) is 0.373. The summed E-state index contributed by atoms with van der Waals surface area (Å²) in [6.45, 7) is 3.75. The lowest BCUT2D eigenvalue weighted by Gasteiger charge is -2.36. The first-order chi connectivity index (χ1) is 14.7. The summed E-state index contributed by atoms with van der Waals surface area (Å²) in [7, 11) is 2.10. The molecule has 0 bridgehead atoms. The van der Waals surface area contributed by atoms with Crippen molar-refractivity contribution in [3.8, 4) is 0 Å². The second-order valence-electron chi connectivity index (χ2n) is 7.91. The highest BCUT2D eigenvalue weighted by atomic mass is 16.4. The van der Waals surface area contributed by atoms with Crippen molar-refractivity contribution >= 4 is 17.8 Å². The molecule has 29 heavy (non-hydrogen) atoms. The summed E-state index contributed by atoms with van der Waals surface area (Å²) < 4.78 is 16.8. The average molecular weight is 414 g/mol. The van der Waals surface area contributed by atoms with Gasteiger partial charge < -0.3 is 20.6 Å². The third-order valence-electron chi connectivity index (χ3n) is 5.44. The topological polar surface area (TPSA) is 105 Å². The first-order valence-corrected chi connectivity index (χ1v) is 10.6. The third kappa shape index (κ3) is 9.56. The molecule has 166 valence electrons. The van der Waals surface area contributed by atoms with Gasteiger partial charge in [0.2, 0.25) is 11.8 Å². The van der Waals surface area contributed by atoms with Crippen molar-refractivity contribution < 1.29 is 22.2 Å². The molecule has 2 amide bonds. The monoisotopic (exact) mass is 413 g/mol. The van der Waals surface area contributed by atoms with Crippen molar-refractivity contribution in [2.45, 2.75) is 44.6 Å². The highest BCUT2D eigenvalue weighted by Crippen LogP contribution is 2.18. The third-order valence-corrected chi connectivity index (χ3v) is 5.44. The Balaban J connectivity index is 1.69. The van der Waals surface area contributed by atoms with Crippen molar-refractivity contribution in [3.63, 3.8) is 0 Å². The molecule has 0 aliphatic carbocycles.